The highest BCUT2D eigenvalue weighted by Crippen LogP contribution is 2.30. The molecule has 0 spiro atoms. The van der Waals surface area contributed by atoms with Gasteiger partial charge in [-0.15, -0.1) is 0 Å². The molecule has 1 aromatic rings. The molecule has 0 aliphatic carbocycles. The van der Waals surface area contributed by atoms with E-state index in [0.29, 0.717) is 5.69 Å². The summed E-state index contributed by atoms with van der Waals surface area (Å²) in [6.07, 6.45) is 1.34. The highest BCUT2D eigenvalue weighted by molar-refractivity contribution is 5.18. The van der Waals surface area contributed by atoms with E-state index in [-0.39, 0.29) is 17.5 Å². The van der Waals surface area contributed by atoms with Gasteiger partial charge in [0.15, 0.2) is 0 Å². The van der Waals surface area contributed by atoms with Crippen molar-refractivity contribution in [3.05, 3.63) is 21.9 Å². The number of H-pyrrole nitrogens is 2. The molecule has 1 fully saturated rings. The lowest BCUT2D eigenvalue weighted by Crippen LogP contribution is -2.31. The summed E-state index contributed by atoms with van der Waals surface area (Å²) in [4.78, 5) is 16.9. The number of hydrogen-bond acceptors (Lipinski definition) is 3. The van der Waals surface area contributed by atoms with Crippen LogP contribution in [0.25, 0.3) is 0 Å². The smallest absolute Gasteiger partial charge is 0.323 e. The van der Waals surface area contributed by atoms with Crippen LogP contribution in [0.3, 0.4) is 0 Å². The van der Waals surface area contributed by atoms with Crippen LogP contribution in [-0.4, -0.2) is 28.2 Å². The SMILES string of the molecule is CC(C)c1[nH]c(=O)[nH]c1C(O)C1CCNCC1. The Morgan fingerprint density at radius 1 is 1.18 bits per heavy atom. The monoisotopic (exact) mass is 239 g/mol. The number of rotatable bonds is 3. The molecule has 96 valence electrons. The summed E-state index contributed by atoms with van der Waals surface area (Å²) in [5, 5.41) is 13.6. The van der Waals surface area contributed by atoms with Gasteiger partial charge >= 0.3 is 5.69 Å². The van der Waals surface area contributed by atoms with E-state index in [9.17, 15) is 9.90 Å². The second kappa shape index (κ2) is 5.06. The molecule has 0 saturated carbocycles. The second-order valence-corrected chi connectivity index (χ2v) is 5.09. The van der Waals surface area contributed by atoms with E-state index in [2.05, 4.69) is 15.3 Å². The van der Waals surface area contributed by atoms with Crippen molar-refractivity contribution in [2.75, 3.05) is 13.1 Å². The van der Waals surface area contributed by atoms with Gasteiger partial charge in [-0.25, -0.2) is 4.79 Å². The minimum Gasteiger partial charge on any atom is -0.387 e. The fourth-order valence-electron chi connectivity index (χ4n) is 2.49. The molecular formula is C12H21N3O2. The lowest BCUT2D eigenvalue weighted by molar-refractivity contribution is 0.0844. The van der Waals surface area contributed by atoms with Crippen molar-refractivity contribution in [1.29, 1.82) is 0 Å². The first-order chi connectivity index (χ1) is 8.09. The number of imidazole rings is 1. The van der Waals surface area contributed by atoms with Gasteiger partial charge in [-0.1, -0.05) is 13.8 Å². The summed E-state index contributed by atoms with van der Waals surface area (Å²) in [5.41, 5.74) is 1.29. The second-order valence-electron chi connectivity index (χ2n) is 5.09. The quantitative estimate of drug-likeness (QED) is 0.631. The first kappa shape index (κ1) is 12.4. The third-order valence-electron chi connectivity index (χ3n) is 3.49. The van der Waals surface area contributed by atoms with Gasteiger partial charge in [0.05, 0.1) is 11.8 Å². The Kier molecular flexibility index (Phi) is 3.69. The van der Waals surface area contributed by atoms with Crippen LogP contribution in [0.4, 0.5) is 0 Å². The topological polar surface area (TPSA) is 80.9 Å². The van der Waals surface area contributed by atoms with Crippen LogP contribution in [0, 0.1) is 5.92 Å². The lowest BCUT2D eigenvalue weighted by Gasteiger charge is -2.27. The number of aromatic amines is 2. The van der Waals surface area contributed by atoms with Crippen molar-refractivity contribution in [2.24, 2.45) is 5.92 Å². The zero-order chi connectivity index (χ0) is 12.4. The predicted molar refractivity (Wildman–Crippen MR) is 66.1 cm³/mol. The molecule has 0 amide bonds. The lowest BCUT2D eigenvalue weighted by atomic mass is 9.88. The van der Waals surface area contributed by atoms with Crippen molar-refractivity contribution in [2.45, 2.75) is 38.7 Å². The van der Waals surface area contributed by atoms with Crippen molar-refractivity contribution in [1.82, 2.24) is 15.3 Å². The van der Waals surface area contributed by atoms with Crippen LogP contribution in [0.1, 0.15) is 50.1 Å². The minimum absolute atomic E-state index is 0.209. The number of piperidine rings is 1. The maximum atomic E-state index is 11.4. The molecule has 0 bridgehead atoms. The van der Waals surface area contributed by atoms with Crippen LogP contribution in [0.5, 0.6) is 0 Å². The molecule has 4 N–H and O–H groups in total. The first-order valence-electron chi connectivity index (χ1n) is 6.30. The standard InChI is InChI=1S/C12H21N3O2/c1-7(2)9-10(15-12(17)14-9)11(16)8-3-5-13-6-4-8/h7-8,11,13,16H,3-6H2,1-2H3,(H2,14,15,17). The summed E-state index contributed by atoms with van der Waals surface area (Å²) < 4.78 is 0. The van der Waals surface area contributed by atoms with Crippen molar-refractivity contribution in [3.8, 4) is 0 Å². The van der Waals surface area contributed by atoms with E-state index < -0.39 is 6.10 Å². The molecule has 1 unspecified atom stereocenters. The van der Waals surface area contributed by atoms with Gasteiger partial charge in [0, 0.05) is 5.69 Å². The summed E-state index contributed by atoms with van der Waals surface area (Å²) in [6, 6.07) is 0. The van der Waals surface area contributed by atoms with E-state index in [0.717, 1.165) is 31.6 Å². The number of nitrogens with one attached hydrogen (secondary N) is 3. The largest absolute Gasteiger partial charge is 0.387 e. The Morgan fingerprint density at radius 3 is 2.35 bits per heavy atom. The molecule has 2 heterocycles. The molecule has 1 atom stereocenters. The first-order valence-corrected chi connectivity index (χ1v) is 6.30. The normalized spacial score (nSPS) is 19.8. The summed E-state index contributed by atoms with van der Waals surface area (Å²) in [6.45, 7) is 5.90. The van der Waals surface area contributed by atoms with Crippen molar-refractivity contribution >= 4 is 0 Å². The van der Waals surface area contributed by atoms with Crippen LogP contribution in [-0.2, 0) is 0 Å². The molecule has 1 aromatic heterocycles. The molecule has 0 radical (unpaired) electrons. The average molecular weight is 239 g/mol. The van der Waals surface area contributed by atoms with E-state index in [1.165, 1.54) is 0 Å². The fraction of sp³-hybridized carbons (Fsp3) is 0.750. The molecule has 2 rings (SSSR count). The Morgan fingerprint density at radius 2 is 1.76 bits per heavy atom. The van der Waals surface area contributed by atoms with E-state index in [4.69, 9.17) is 0 Å². The van der Waals surface area contributed by atoms with Gasteiger partial charge in [-0.3, -0.25) is 0 Å². The maximum Gasteiger partial charge on any atom is 0.323 e. The van der Waals surface area contributed by atoms with Gasteiger partial charge in [0.1, 0.15) is 0 Å². The van der Waals surface area contributed by atoms with Gasteiger partial charge in [-0.05, 0) is 37.8 Å². The summed E-state index contributed by atoms with van der Waals surface area (Å²) >= 11 is 0. The fourth-order valence-corrected chi connectivity index (χ4v) is 2.49. The van der Waals surface area contributed by atoms with Gasteiger partial charge in [0.25, 0.3) is 0 Å². The van der Waals surface area contributed by atoms with Crippen LogP contribution >= 0.6 is 0 Å². The van der Waals surface area contributed by atoms with Crippen LogP contribution in [0.2, 0.25) is 0 Å². The zero-order valence-corrected chi connectivity index (χ0v) is 10.4. The number of hydrogen-bond donors (Lipinski definition) is 4. The van der Waals surface area contributed by atoms with E-state index in [1.54, 1.807) is 0 Å². The number of aromatic nitrogens is 2. The Hall–Kier alpha value is -1.07. The highest BCUT2D eigenvalue weighted by atomic mass is 16.3. The summed E-state index contributed by atoms with van der Waals surface area (Å²) in [7, 11) is 0. The van der Waals surface area contributed by atoms with Crippen LogP contribution < -0.4 is 11.0 Å². The van der Waals surface area contributed by atoms with E-state index >= 15 is 0 Å². The summed E-state index contributed by atoms with van der Waals surface area (Å²) in [5.74, 6) is 0.445. The van der Waals surface area contributed by atoms with Crippen molar-refractivity contribution < 1.29 is 5.11 Å². The number of aliphatic hydroxyl groups is 1. The Balaban J connectivity index is 2.22. The minimum atomic E-state index is -0.562. The molecular weight excluding hydrogens is 218 g/mol. The molecule has 1 aliphatic rings. The molecule has 1 saturated heterocycles. The zero-order valence-electron chi connectivity index (χ0n) is 10.4. The van der Waals surface area contributed by atoms with Gasteiger partial charge in [-0.2, -0.15) is 0 Å². The highest BCUT2D eigenvalue weighted by Gasteiger charge is 2.27. The molecule has 17 heavy (non-hydrogen) atoms. The number of aliphatic hydroxyl groups excluding tert-OH is 1. The van der Waals surface area contributed by atoms with Crippen molar-refractivity contribution in [3.63, 3.8) is 0 Å². The van der Waals surface area contributed by atoms with Gasteiger partial charge < -0.3 is 20.4 Å². The maximum absolute atomic E-state index is 11.4. The Labute approximate surface area is 101 Å². The van der Waals surface area contributed by atoms with E-state index in [1.807, 2.05) is 13.8 Å². The molecule has 1 aliphatic heterocycles. The Bertz CT molecular complexity index is 416. The predicted octanol–water partition coefficient (Wildman–Crippen LogP) is 0.859. The molecule has 5 nitrogen and oxygen atoms in total. The third kappa shape index (κ3) is 2.61. The van der Waals surface area contributed by atoms with Crippen LogP contribution in [0.15, 0.2) is 4.79 Å². The molecule has 5 heteroatoms. The van der Waals surface area contributed by atoms with Gasteiger partial charge in [0.2, 0.25) is 0 Å². The average Bonchev–Trinajstić information content (AvgIpc) is 2.72. The molecule has 0 aromatic carbocycles. The third-order valence-corrected chi connectivity index (χ3v) is 3.49.